The average Bonchev–Trinajstić information content (AvgIpc) is 1.67. The van der Waals surface area contributed by atoms with Crippen molar-refractivity contribution < 1.29 is 80.2 Å². The van der Waals surface area contributed by atoms with E-state index in [0.29, 0.717) is 25.7 Å². The third-order valence-electron chi connectivity index (χ3n) is 19.1. The molecule has 19 heteroatoms. The van der Waals surface area contributed by atoms with Gasteiger partial charge in [-0.2, -0.15) is 0 Å². The number of hydrogen-bond donors (Lipinski definition) is 3. The molecule has 0 spiro atoms. The summed E-state index contributed by atoms with van der Waals surface area (Å²) in [5, 5.41) is 10.6. The van der Waals surface area contributed by atoms with Crippen LogP contribution in [0, 0.1) is 5.92 Å². The molecule has 0 aliphatic rings. The Balaban J connectivity index is 5.17. The molecule has 0 aliphatic heterocycles. The number of rotatable bonds is 80. The summed E-state index contributed by atoms with van der Waals surface area (Å²) < 4.78 is 68.6. The Kier molecular flexibility index (Phi) is 71.6. The molecule has 0 aliphatic carbocycles. The molecular formula is C80H156O17P2. The molecule has 17 nitrogen and oxygen atoms in total. The van der Waals surface area contributed by atoms with Gasteiger partial charge < -0.3 is 33.8 Å². The minimum Gasteiger partial charge on any atom is -0.462 e. The highest BCUT2D eigenvalue weighted by molar-refractivity contribution is 7.47. The first-order valence-corrected chi connectivity index (χ1v) is 44.7. The van der Waals surface area contributed by atoms with Crippen LogP contribution in [0.25, 0.3) is 0 Å². The van der Waals surface area contributed by atoms with E-state index < -0.39 is 97.5 Å². The van der Waals surface area contributed by atoms with Crippen LogP contribution in [0.5, 0.6) is 0 Å². The van der Waals surface area contributed by atoms with Gasteiger partial charge in [0.1, 0.15) is 19.3 Å². The van der Waals surface area contributed by atoms with Crippen LogP contribution in [0.2, 0.25) is 0 Å². The number of ether oxygens (including phenoxy) is 4. The molecule has 0 fully saturated rings. The number of aliphatic hydroxyl groups excluding tert-OH is 1. The van der Waals surface area contributed by atoms with Crippen LogP contribution in [0.4, 0.5) is 0 Å². The number of unbranched alkanes of at least 4 members (excludes halogenated alkanes) is 51. The van der Waals surface area contributed by atoms with E-state index in [-0.39, 0.29) is 25.7 Å². The SMILES string of the molecule is CCCCCCCCCCCCCCCCCCCC(=O)OC[C@H](COP(=O)(O)OC[C@@H](O)COP(=O)(O)OC[C@@H](COC(=O)CCCCCCCCCC)OC(=O)CCCCCCCCCCCCCC)OC(=O)CCCCCCCCCCCCCCCCCCCCC(C)CC. The number of phosphoric ester groups is 2. The van der Waals surface area contributed by atoms with Crippen LogP contribution in [0.15, 0.2) is 0 Å². The standard InChI is InChI=1S/C80H156O17P2/c1-6-10-13-16-19-22-24-26-27-30-34-37-41-44-49-54-59-64-78(83)91-70-76(97-80(85)66-61-56-51-46-42-38-35-32-29-28-31-33-36-39-43-47-52-57-62-73(5)9-4)72-95-99(88,89)93-68-74(81)67-92-98(86,87)94-71-75(69-90-77(82)63-58-53-48-21-18-15-12-8-3)96-79(84)65-60-55-50-45-40-25-23-20-17-14-11-7-2/h73-76,81H,6-72H2,1-5H3,(H,86,87)(H,88,89)/t73?,74-,75+,76+/m0/s1. The van der Waals surface area contributed by atoms with Crippen molar-refractivity contribution in [3.05, 3.63) is 0 Å². The first kappa shape index (κ1) is 97.1. The van der Waals surface area contributed by atoms with Gasteiger partial charge in [-0.3, -0.25) is 37.3 Å². The van der Waals surface area contributed by atoms with Crippen LogP contribution in [-0.2, 0) is 65.4 Å². The lowest BCUT2D eigenvalue weighted by Gasteiger charge is -2.21. The molecule has 0 aromatic heterocycles. The van der Waals surface area contributed by atoms with Crippen molar-refractivity contribution in [1.82, 2.24) is 0 Å². The summed E-state index contributed by atoms with van der Waals surface area (Å²) in [6.07, 6.45) is 63.9. The second-order valence-corrected chi connectivity index (χ2v) is 32.0. The molecule has 588 valence electrons. The summed E-state index contributed by atoms with van der Waals surface area (Å²) in [7, 11) is -9.91. The van der Waals surface area contributed by atoms with Crippen LogP contribution < -0.4 is 0 Å². The van der Waals surface area contributed by atoms with Gasteiger partial charge in [0, 0.05) is 25.7 Å². The predicted molar refractivity (Wildman–Crippen MR) is 405 cm³/mol. The minimum atomic E-state index is -4.96. The highest BCUT2D eigenvalue weighted by atomic mass is 31.2. The van der Waals surface area contributed by atoms with Crippen molar-refractivity contribution >= 4 is 39.5 Å². The molecule has 0 heterocycles. The molecule has 0 bridgehead atoms. The lowest BCUT2D eigenvalue weighted by Crippen LogP contribution is -2.30. The summed E-state index contributed by atoms with van der Waals surface area (Å²) >= 11 is 0. The lowest BCUT2D eigenvalue weighted by atomic mass is 9.99. The van der Waals surface area contributed by atoms with Gasteiger partial charge in [-0.25, -0.2) is 9.13 Å². The largest absolute Gasteiger partial charge is 0.472 e. The zero-order valence-electron chi connectivity index (χ0n) is 64.6. The van der Waals surface area contributed by atoms with E-state index in [1.807, 2.05) is 0 Å². The Hall–Kier alpha value is -1.94. The fraction of sp³-hybridized carbons (Fsp3) is 0.950. The molecule has 6 atom stereocenters. The summed E-state index contributed by atoms with van der Waals surface area (Å²) in [6, 6.07) is 0. The Morgan fingerprint density at radius 2 is 0.485 bits per heavy atom. The Morgan fingerprint density at radius 3 is 0.717 bits per heavy atom. The normalized spacial score (nSPS) is 14.1. The lowest BCUT2D eigenvalue weighted by molar-refractivity contribution is -0.161. The fourth-order valence-corrected chi connectivity index (χ4v) is 14.0. The summed E-state index contributed by atoms with van der Waals surface area (Å²) in [5.74, 6) is -1.24. The maximum absolute atomic E-state index is 13.1. The molecule has 99 heavy (non-hydrogen) atoms. The van der Waals surface area contributed by atoms with Gasteiger partial charge in [0.05, 0.1) is 26.4 Å². The topological polar surface area (TPSA) is 237 Å². The zero-order valence-corrected chi connectivity index (χ0v) is 66.4. The number of aliphatic hydroxyl groups is 1. The van der Waals surface area contributed by atoms with E-state index in [1.165, 1.54) is 244 Å². The predicted octanol–water partition coefficient (Wildman–Crippen LogP) is 24.0. The van der Waals surface area contributed by atoms with Gasteiger partial charge in [0.15, 0.2) is 12.2 Å². The zero-order chi connectivity index (χ0) is 72.7. The van der Waals surface area contributed by atoms with E-state index in [1.54, 1.807) is 0 Å². The van der Waals surface area contributed by atoms with E-state index in [4.69, 9.17) is 37.0 Å². The molecule has 0 rings (SSSR count). The molecule has 3 N–H and O–H groups in total. The maximum Gasteiger partial charge on any atom is 0.472 e. The summed E-state index contributed by atoms with van der Waals surface area (Å²) in [4.78, 5) is 72.8. The van der Waals surface area contributed by atoms with Gasteiger partial charge in [-0.1, -0.05) is 375 Å². The Bertz CT molecular complexity index is 1890. The third kappa shape index (κ3) is 72.8. The van der Waals surface area contributed by atoms with Gasteiger partial charge >= 0.3 is 39.5 Å². The first-order chi connectivity index (χ1) is 48.1. The fourth-order valence-electron chi connectivity index (χ4n) is 12.4. The maximum atomic E-state index is 13.1. The molecule has 3 unspecified atom stereocenters. The Labute approximate surface area is 607 Å². The third-order valence-corrected chi connectivity index (χ3v) is 21.0. The first-order valence-electron chi connectivity index (χ1n) is 41.7. The highest BCUT2D eigenvalue weighted by Crippen LogP contribution is 2.45. The van der Waals surface area contributed by atoms with E-state index in [2.05, 4.69) is 34.6 Å². The van der Waals surface area contributed by atoms with Crippen molar-refractivity contribution in [2.24, 2.45) is 5.92 Å². The average molecular weight is 1450 g/mol. The quantitative estimate of drug-likeness (QED) is 0.0222. The van der Waals surface area contributed by atoms with Crippen LogP contribution in [0.1, 0.15) is 426 Å². The molecule has 0 aromatic rings. The van der Waals surface area contributed by atoms with Gasteiger partial charge in [0.2, 0.25) is 0 Å². The summed E-state index contributed by atoms with van der Waals surface area (Å²) in [5.41, 5.74) is 0. The second kappa shape index (κ2) is 73.0. The number of phosphoric acid groups is 2. The van der Waals surface area contributed by atoms with Crippen molar-refractivity contribution in [3.63, 3.8) is 0 Å². The van der Waals surface area contributed by atoms with Crippen LogP contribution >= 0.6 is 15.6 Å². The second-order valence-electron chi connectivity index (χ2n) is 29.1. The van der Waals surface area contributed by atoms with Gasteiger partial charge in [-0.15, -0.1) is 0 Å². The van der Waals surface area contributed by atoms with E-state index >= 15 is 0 Å². The molecular weight excluding hydrogens is 1290 g/mol. The number of carbonyl (C=O) groups is 4. The monoisotopic (exact) mass is 1450 g/mol. The highest BCUT2D eigenvalue weighted by Gasteiger charge is 2.30. The van der Waals surface area contributed by atoms with E-state index in [0.717, 1.165) is 102 Å². The van der Waals surface area contributed by atoms with Crippen molar-refractivity contribution in [1.29, 1.82) is 0 Å². The molecule has 0 saturated heterocycles. The molecule has 0 radical (unpaired) electrons. The van der Waals surface area contributed by atoms with Crippen LogP contribution in [-0.4, -0.2) is 96.7 Å². The van der Waals surface area contributed by atoms with Crippen LogP contribution in [0.3, 0.4) is 0 Å². The van der Waals surface area contributed by atoms with Gasteiger partial charge in [-0.05, 0) is 31.6 Å². The van der Waals surface area contributed by atoms with Crippen molar-refractivity contribution in [2.45, 2.75) is 445 Å². The Morgan fingerprint density at radius 1 is 0.283 bits per heavy atom. The minimum absolute atomic E-state index is 0.108. The summed E-state index contributed by atoms with van der Waals surface area (Å²) in [6.45, 7) is 7.36. The molecule has 0 amide bonds. The van der Waals surface area contributed by atoms with E-state index in [9.17, 15) is 43.2 Å². The van der Waals surface area contributed by atoms with Crippen molar-refractivity contribution in [2.75, 3.05) is 39.6 Å². The van der Waals surface area contributed by atoms with Crippen molar-refractivity contribution in [3.8, 4) is 0 Å². The number of carbonyl (C=O) groups excluding carboxylic acids is 4. The smallest absolute Gasteiger partial charge is 0.462 e. The van der Waals surface area contributed by atoms with Gasteiger partial charge in [0.25, 0.3) is 0 Å². The number of hydrogen-bond acceptors (Lipinski definition) is 15. The molecule has 0 saturated carbocycles. The molecule has 0 aromatic carbocycles. The number of esters is 4.